The maximum absolute atomic E-state index is 11.5. The highest BCUT2D eigenvalue weighted by molar-refractivity contribution is 5.88. The van der Waals surface area contributed by atoms with Crippen molar-refractivity contribution in [2.45, 2.75) is 26.8 Å². The maximum atomic E-state index is 11.5. The Morgan fingerprint density at radius 3 is 2.47 bits per heavy atom. The lowest BCUT2D eigenvalue weighted by molar-refractivity contribution is -0.117. The van der Waals surface area contributed by atoms with E-state index in [1.165, 1.54) is 11.6 Å². The van der Waals surface area contributed by atoms with E-state index < -0.39 is 0 Å². The minimum absolute atomic E-state index is 0.0263. The average Bonchev–Trinajstić information content (AvgIpc) is 2.30. The van der Waals surface area contributed by atoms with E-state index in [1.54, 1.807) is 6.08 Å². The van der Waals surface area contributed by atoms with Crippen molar-refractivity contribution in [3.8, 4) is 0 Å². The van der Waals surface area contributed by atoms with Crippen LogP contribution in [0.2, 0.25) is 0 Å². The van der Waals surface area contributed by atoms with Gasteiger partial charge in [0.15, 0.2) is 0 Å². The van der Waals surface area contributed by atoms with Gasteiger partial charge in [0.1, 0.15) is 0 Å². The molecule has 1 rings (SSSR count). The smallest absolute Gasteiger partial charge is 0.244 e. The molecule has 0 aliphatic rings. The molecule has 1 unspecified atom stereocenters. The predicted octanol–water partition coefficient (Wildman–Crippen LogP) is 3.30. The van der Waals surface area contributed by atoms with Gasteiger partial charge in [0.2, 0.25) is 5.91 Å². The Morgan fingerprint density at radius 1 is 1.24 bits per heavy atom. The maximum Gasteiger partial charge on any atom is 0.244 e. The number of carbonyl (C=O) groups excluding carboxylic acids is 1. The van der Waals surface area contributed by atoms with Gasteiger partial charge in [-0.3, -0.25) is 4.79 Å². The minimum atomic E-state index is -0.0730. The quantitative estimate of drug-likeness (QED) is 0.623. The third kappa shape index (κ3) is 4.68. The first-order chi connectivity index (χ1) is 8.13. The van der Waals surface area contributed by atoms with E-state index in [0.29, 0.717) is 0 Å². The number of rotatable bonds is 4. The van der Waals surface area contributed by atoms with Crippen molar-refractivity contribution in [1.82, 2.24) is 5.32 Å². The highest BCUT2D eigenvalue weighted by atomic mass is 16.1. The molecule has 0 aliphatic carbocycles. The molecular weight excluding hydrogens is 210 g/mol. The lowest BCUT2D eigenvalue weighted by atomic mass is 10.1. The van der Waals surface area contributed by atoms with E-state index in [4.69, 9.17) is 0 Å². The Hall–Kier alpha value is -1.83. The SMILES string of the molecule is C/C=C/C=C/C(=O)NC(C)c1ccc(C)cc1. The normalized spacial score (nSPS) is 13.1. The van der Waals surface area contributed by atoms with Crippen molar-refractivity contribution in [3.05, 3.63) is 59.7 Å². The third-order valence-corrected chi connectivity index (χ3v) is 2.49. The van der Waals surface area contributed by atoms with E-state index in [9.17, 15) is 4.79 Å². The first-order valence-electron chi connectivity index (χ1n) is 5.80. The number of amides is 1. The molecule has 1 atom stereocenters. The largest absolute Gasteiger partial charge is 0.346 e. The highest BCUT2D eigenvalue weighted by Crippen LogP contribution is 2.12. The van der Waals surface area contributed by atoms with Crippen LogP contribution in [0.15, 0.2) is 48.6 Å². The van der Waals surface area contributed by atoms with Crippen LogP contribution >= 0.6 is 0 Å². The molecule has 0 heterocycles. The highest BCUT2D eigenvalue weighted by Gasteiger charge is 2.06. The van der Waals surface area contributed by atoms with Gasteiger partial charge in [-0.1, -0.05) is 48.1 Å². The number of hydrogen-bond donors (Lipinski definition) is 1. The van der Waals surface area contributed by atoms with Gasteiger partial charge in [-0.15, -0.1) is 0 Å². The topological polar surface area (TPSA) is 29.1 Å². The molecule has 1 amide bonds. The number of nitrogens with one attached hydrogen (secondary N) is 1. The zero-order valence-corrected chi connectivity index (χ0v) is 10.6. The van der Waals surface area contributed by atoms with Crippen molar-refractivity contribution in [3.63, 3.8) is 0 Å². The van der Waals surface area contributed by atoms with Crippen LogP contribution in [0.3, 0.4) is 0 Å². The third-order valence-electron chi connectivity index (χ3n) is 2.49. The van der Waals surface area contributed by atoms with Gasteiger partial charge < -0.3 is 5.32 Å². The average molecular weight is 229 g/mol. The van der Waals surface area contributed by atoms with Gasteiger partial charge in [-0.25, -0.2) is 0 Å². The molecule has 0 aliphatic heterocycles. The molecule has 2 heteroatoms. The summed E-state index contributed by atoms with van der Waals surface area (Å²) >= 11 is 0. The molecule has 0 saturated heterocycles. The number of benzene rings is 1. The first kappa shape index (κ1) is 13.2. The summed E-state index contributed by atoms with van der Waals surface area (Å²) in [6.07, 6.45) is 6.98. The van der Waals surface area contributed by atoms with E-state index in [0.717, 1.165) is 5.56 Å². The van der Waals surface area contributed by atoms with E-state index in [-0.39, 0.29) is 11.9 Å². The standard InChI is InChI=1S/C15H19NO/c1-4-5-6-7-15(17)16-13(3)14-10-8-12(2)9-11-14/h4-11,13H,1-3H3,(H,16,17)/b5-4+,7-6+. The number of carbonyl (C=O) groups is 1. The summed E-state index contributed by atoms with van der Waals surface area (Å²) in [5, 5.41) is 2.91. The molecule has 0 radical (unpaired) electrons. The van der Waals surface area contributed by atoms with Gasteiger partial charge in [0.25, 0.3) is 0 Å². The van der Waals surface area contributed by atoms with Gasteiger partial charge in [-0.2, -0.15) is 0 Å². The second-order valence-electron chi connectivity index (χ2n) is 4.03. The Bertz CT molecular complexity index is 415. The zero-order valence-electron chi connectivity index (χ0n) is 10.6. The molecule has 0 spiro atoms. The summed E-state index contributed by atoms with van der Waals surface area (Å²) in [6.45, 7) is 5.94. The van der Waals surface area contributed by atoms with Crippen molar-refractivity contribution >= 4 is 5.91 Å². The molecule has 0 fully saturated rings. The van der Waals surface area contributed by atoms with E-state index in [1.807, 2.05) is 57.2 Å². The fourth-order valence-electron chi connectivity index (χ4n) is 1.45. The summed E-state index contributed by atoms with van der Waals surface area (Å²) in [7, 11) is 0. The molecule has 0 aromatic heterocycles. The molecule has 17 heavy (non-hydrogen) atoms. The predicted molar refractivity (Wildman–Crippen MR) is 71.7 cm³/mol. The summed E-state index contributed by atoms with van der Waals surface area (Å²) in [6, 6.07) is 8.20. The molecule has 1 aromatic rings. The van der Waals surface area contributed by atoms with Crippen LogP contribution in [-0.4, -0.2) is 5.91 Å². The fourth-order valence-corrected chi connectivity index (χ4v) is 1.45. The Labute approximate surface area is 103 Å². The molecule has 0 bridgehead atoms. The first-order valence-corrected chi connectivity index (χ1v) is 5.80. The summed E-state index contributed by atoms with van der Waals surface area (Å²) in [5.41, 5.74) is 2.34. The van der Waals surface area contributed by atoms with Crippen LogP contribution in [-0.2, 0) is 4.79 Å². The Kier molecular flexibility index (Phi) is 5.21. The zero-order chi connectivity index (χ0) is 12.7. The summed E-state index contributed by atoms with van der Waals surface area (Å²) in [4.78, 5) is 11.5. The number of allylic oxidation sites excluding steroid dienone is 3. The van der Waals surface area contributed by atoms with Crippen LogP contribution in [0.1, 0.15) is 31.0 Å². The van der Waals surface area contributed by atoms with Crippen LogP contribution in [0.25, 0.3) is 0 Å². The molecular formula is C15H19NO. The van der Waals surface area contributed by atoms with Crippen LogP contribution in [0, 0.1) is 6.92 Å². The Balaban J connectivity index is 2.57. The molecule has 0 saturated carbocycles. The lowest BCUT2D eigenvalue weighted by Gasteiger charge is -2.12. The van der Waals surface area contributed by atoms with Gasteiger partial charge in [0.05, 0.1) is 6.04 Å². The van der Waals surface area contributed by atoms with Crippen molar-refractivity contribution in [2.24, 2.45) is 0 Å². The van der Waals surface area contributed by atoms with Crippen LogP contribution in [0.5, 0.6) is 0 Å². The molecule has 2 nitrogen and oxygen atoms in total. The van der Waals surface area contributed by atoms with Crippen LogP contribution in [0.4, 0.5) is 0 Å². The van der Waals surface area contributed by atoms with Crippen LogP contribution < -0.4 is 5.32 Å². The summed E-state index contributed by atoms with van der Waals surface area (Å²) in [5.74, 6) is -0.0730. The molecule has 1 N–H and O–H groups in total. The second-order valence-corrected chi connectivity index (χ2v) is 4.03. The molecule has 1 aromatic carbocycles. The second kappa shape index (κ2) is 6.69. The number of aryl methyl sites for hydroxylation is 1. The van der Waals surface area contributed by atoms with Gasteiger partial charge >= 0.3 is 0 Å². The van der Waals surface area contributed by atoms with Crippen molar-refractivity contribution < 1.29 is 4.79 Å². The lowest BCUT2D eigenvalue weighted by Crippen LogP contribution is -2.24. The van der Waals surface area contributed by atoms with E-state index >= 15 is 0 Å². The number of hydrogen-bond acceptors (Lipinski definition) is 1. The van der Waals surface area contributed by atoms with Gasteiger partial charge in [0, 0.05) is 6.08 Å². The Morgan fingerprint density at radius 2 is 1.88 bits per heavy atom. The van der Waals surface area contributed by atoms with E-state index in [2.05, 4.69) is 5.32 Å². The monoisotopic (exact) mass is 229 g/mol. The summed E-state index contributed by atoms with van der Waals surface area (Å²) < 4.78 is 0. The fraction of sp³-hybridized carbons (Fsp3) is 0.267. The van der Waals surface area contributed by atoms with Gasteiger partial charge in [-0.05, 0) is 26.3 Å². The minimum Gasteiger partial charge on any atom is -0.346 e. The van der Waals surface area contributed by atoms with Crippen molar-refractivity contribution in [1.29, 1.82) is 0 Å². The molecule has 90 valence electrons. The van der Waals surface area contributed by atoms with Crippen molar-refractivity contribution in [2.75, 3.05) is 0 Å².